The van der Waals surface area contributed by atoms with Crippen molar-refractivity contribution in [3.8, 4) is 5.75 Å². The Labute approximate surface area is 138 Å². The first-order valence-electron chi connectivity index (χ1n) is 8.16. The number of aliphatic hydroxyl groups is 1. The molecule has 0 aromatic heterocycles. The Hall–Kier alpha value is -1.75. The van der Waals surface area contributed by atoms with E-state index in [-0.39, 0.29) is 24.7 Å². The van der Waals surface area contributed by atoms with Crippen molar-refractivity contribution in [2.45, 2.75) is 58.2 Å². The van der Waals surface area contributed by atoms with E-state index in [0.29, 0.717) is 6.54 Å². The van der Waals surface area contributed by atoms with Crippen LogP contribution in [0.5, 0.6) is 5.75 Å². The molecule has 2 rings (SSSR count). The lowest BCUT2D eigenvalue weighted by Gasteiger charge is -2.20. The molecular formula is C18H27NO4. The number of carbonyl (C=O) groups excluding carboxylic acids is 1. The average molecular weight is 321 g/mol. The van der Waals surface area contributed by atoms with Crippen LogP contribution in [0.3, 0.4) is 0 Å². The summed E-state index contributed by atoms with van der Waals surface area (Å²) in [5.41, 5.74) is 1.79. The summed E-state index contributed by atoms with van der Waals surface area (Å²) < 4.78 is 11.1. The molecule has 2 unspecified atom stereocenters. The van der Waals surface area contributed by atoms with Crippen molar-refractivity contribution >= 4 is 6.09 Å². The summed E-state index contributed by atoms with van der Waals surface area (Å²) in [4.78, 5) is 11.7. The Bertz CT molecular complexity index is 550. The third-order valence-electron chi connectivity index (χ3n) is 3.84. The van der Waals surface area contributed by atoms with E-state index in [1.807, 2.05) is 32.9 Å². The first kappa shape index (κ1) is 17.6. The van der Waals surface area contributed by atoms with Crippen LogP contribution in [0, 0.1) is 0 Å². The lowest BCUT2D eigenvalue weighted by molar-refractivity contribution is 0.0526. The minimum atomic E-state index is -0.483. The van der Waals surface area contributed by atoms with Gasteiger partial charge in [-0.2, -0.15) is 0 Å². The van der Waals surface area contributed by atoms with E-state index in [1.54, 1.807) is 0 Å². The van der Waals surface area contributed by atoms with Gasteiger partial charge in [-0.1, -0.05) is 25.1 Å². The fourth-order valence-corrected chi connectivity index (χ4v) is 2.71. The molecule has 2 atom stereocenters. The van der Waals surface area contributed by atoms with E-state index in [2.05, 4.69) is 18.3 Å². The van der Waals surface area contributed by atoms with Crippen LogP contribution in [0.25, 0.3) is 0 Å². The summed E-state index contributed by atoms with van der Waals surface area (Å²) in [5.74, 6) is 1.15. The Morgan fingerprint density at radius 3 is 2.87 bits per heavy atom. The molecule has 0 saturated heterocycles. The lowest BCUT2D eigenvalue weighted by atomic mass is 9.94. The molecule has 0 fully saturated rings. The van der Waals surface area contributed by atoms with Crippen molar-refractivity contribution in [1.82, 2.24) is 5.32 Å². The highest BCUT2D eigenvalue weighted by molar-refractivity contribution is 5.67. The van der Waals surface area contributed by atoms with E-state index in [1.165, 1.54) is 0 Å². The molecule has 1 aromatic carbocycles. The number of ether oxygens (including phenoxy) is 2. The number of hydrogen-bond donors (Lipinski definition) is 2. The summed E-state index contributed by atoms with van der Waals surface area (Å²) in [5, 5.41) is 12.1. The Balaban J connectivity index is 1.89. The summed E-state index contributed by atoms with van der Waals surface area (Å²) in [6, 6.07) is 6.12. The van der Waals surface area contributed by atoms with E-state index in [0.717, 1.165) is 29.7 Å². The van der Waals surface area contributed by atoms with Crippen LogP contribution in [-0.2, 0) is 11.2 Å². The number of amides is 1. The number of fused-ring (bicyclic) bond motifs is 1. The summed E-state index contributed by atoms with van der Waals surface area (Å²) in [7, 11) is 0. The third-order valence-corrected chi connectivity index (χ3v) is 3.84. The summed E-state index contributed by atoms with van der Waals surface area (Å²) >= 11 is 0. The number of benzene rings is 1. The molecular weight excluding hydrogens is 294 g/mol. The zero-order valence-electron chi connectivity index (χ0n) is 14.4. The number of carbonyl (C=O) groups is 1. The van der Waals surface area contributed by atoms with Gasteiger partial charge >= 0.3 is 6.09 Å². The molecule has 23 heavy (non-hydrogen) atoms. The van der Waals surface area contributed by atoms with Crippen LogP contribution in [0.15, 0.2) is 18.2 Å². The van der Waals surface area contributed by atoms with Crippen LogP contribution < -0.4 is 10.1 Å². The van der Waals surface area contributed by atoms with Gasteiger partial charge in [0.1, 0.15) is 17.5 Å². The number of para-hydroxylation sites is 1. The highest BCUT2D eigenvalue weighted by Gasteiger charge is 2.26. The van der Waals surface area contributed by atoms with Gasteiger partial charge in [0.15, 0.2) is 0 Å². The van der Waals surface area contributed by atoms with E-state index < -0.39 is 5.60 Å². The number of hydrogen-bond acceptors (Lipinski definition) is 4. The molecule has 5 nitrogen and oxygen atoms in total. The SMILES string of the molecule is CC(CCNC(=O)OC(C)(C)C)c1cccc2c1OC(CO)C2. The predicted molar refractivity (Wildman–Crippen MR) is 88.9 cm³/mol. The van der Waals surface area contributed by atoms with Crippen LogP contribution >= 0.6 is 0 Å². The third kappa shape index (κ3) is 4.86. The van der Waals surface area contributed by atoms with Crippen LogP contribution in [-0.4, -0.2) is 36.1 Å². The maximum Gasteiger partial charge on any atom is 0.407 e. The maximum absolute atomic E-state index is 11.7. The van der Waals surface area contributed by atoms with Crippen LogP contribution in [0.2, 0.25) is 0 Å². The molecule has 0 saturated carbocycles. The Morgan fingerprint density at radius 1 is 1.48 bits per heavy atom. The molecule has 2 N–H and O–H groups in total. The quantitative estimate of drug-likeness (QED) is 0.875. The van der Waals surface area contributed by atoms with E-state index in [4.69, 9.17) is 9.47 Å². The Kier molecular flexibility index (Phi) is 5.52. The fraction of sp³-hybridized carbons (Fsp3) is 0.611. The predicted octanol–water partition coefficient (Wildman–Crippen LogP) is 3.00. The largest absolute Gasteiger partial charge is 0.487 e. The first-order valence-corrected chi connectivity index (χ1v) is 8.16. The molecule has 0 bridgehead atoms. The molecule has 5 heteroatoms. The van der Waals surface area contributed by atoms with Gasteiger partial charge in [0.05, 0.1) is 6.61 Å². The molecule has 1 heterocycles. The topological polar surface area (TPSA) is 67.8 Å². The van der Waals surface area contributed by atoms with Crippen LogP contribution in [0.1, 0.15) is 51.2 Å². The molecule has 0 radical (unpaired) electrons. The molecule has 0 aliphatic carbocycles. The fourth-order valence-electron chi connectivity index (χ4n) is 2.71. The van der Waals surface area contributed by atoms with Gasteiger partial charge in [-0.05, 0) is 44.2 Å². The second-order valence-corrected chi connectivity index (χ2v) is 7.08. The summed E-state index contributed by atoms with van der Waals surface area (Å²) in [6.07, 6.45) is 1.02. The van der Waals surface area contributed by atoms with Gasteiger partial charge in [0.25, 0.3) is 0 Å². The first-order chi connectivity index (χ1) is 10.8. The van der Waals surface area contributed by atoms with Crippen molar-refractivity contribution in [2.24, 2.45) is 0 Å². The van der Waals surface area contributed by atoms with Gasteiger partial charge in [-0.15, -0.1) is 0 Å². The molecule has 128 valence electrons. The smallest absolute Gasteiger partial charge is 0.407 e. The molecule has 1 aliphatic rings. The molecule has 1 aromatic rings. The lowest BCUT2D eigenvalue weighted by Crippen LogP contribution is -2.33. The van der Waals surface area contributed by atoms with Gasteiger partial charge in [-0.3, -0.25) is 0 Å². The number of rotatable bonds is 5. The van der Waals surface area contributed by atoms with Gasteiger partial charge in [0, 0.05) is 13.0 Å². The highest BCUT2D eigenvalue weighted by Crippen LogP contribution is 2.37. The highest BCUT2D eigenvalue weighted by atomic mass is 16.6. The summed E-state index contributed by atoms with van der Waals surface area (Å²) in [6.45, 7) is 8.22. The molecule has 1 aliphatic heterocycles. The van der Waals surface area contributed by atoms with Crippen molar-refractivity contribution in [2.75, 3.05) is 13.2 Å². The maximum atomic E-state index is 11.7. The average Bonchev–Trinajstić information content (AvgIpc) is 2.88. The Morgan fingerprint density at radius 2 is 2.22 bits per heavy atom. The zero-order chi connectivity index (χ0) is 17.0. The van der Waals surface area contributed by atoms with Gasteiger partial charge < -0.3 is 19.9 Å². The minimum Gasteiger partial charge on any atom is -0.487 e. The van der Waals surface area contributed by atoms with Crippen molar-refractivity contribution in [1.29, 1.82) is 0 Å². The minimum absolute atomic E-state index is 0.0305. The van der Waals surface area contributed by atoms with Gasteiger partial charge in [-0.25, -0.2) is 4.79 Å². The second-order valence-electron chi connectivity index (χ2n) is 7.08. The van der Waals surface area contributed by atoms with Gasteiger partial charge in [0.2, 0.25) is 0 Å². The standard InChI is InChI=1S/C18H27NO4/c1-12(8-9-19-17(21)23-18(2,3)4)15-7-5-6-13-10-14(11-20)22-16(13)15/h5-7,12,14,20H,8-11H2,1-4H3,(H,19,21). The van der Waals surface area contributed by atoms with Crippen molar-refractivity contribution in [3.05, 3.63) is 29.3 Å². The molecule has 1 amide bonds. The van der Waals surface area contributed by atoms with Crippen molar-refractivity contribution in [3.63, 3.8) is 0 Å². The normalized spacial score (nSPS) is 18.0. The number of aliphatic hydroxyl groups excluding tert-OH is 1. The molecule has 0 spiro atoms. The van der Waals surface area contributed by atoms with E-state index in [9.17, 15) is 9.90 Å². The zero-order valence-corrected chi connectivity index (χ0v) is 14.4. The van der Waals surface area contributed by atoms with E-state index >= 15 is 0 Å². The number of alkyl carbamates (subject to hydrolysis) is 1. The van der Waals surface area contributed by atoms with Crippen LogP contribution in [0.4, 0.5) is 4.79 Å². The van der Waals surface area contributed by atoms with Crippen molar-refractivity contribution < 1.29 is 19.4 Å². The second kappa shape index (κ2) is 7.21. The monoisotopic (exact) mass is 321 g/mol. The number of nitrogens with one attached hydrogen (secondary N) is 1.